The van der Waals surface area contributed by atoms with Crippen LogP contribution in [0, 0.1) is 6.92 Å². The second kappa shape index (κ2) is 5.66. The molecule has 3 rings (SSSR count). The second-order valence-corrected chi connectivity index (χ2v) is 4.60. The number of hydrogen-bond donors (Lipinski definition) is 1. The average Bonchev–Trinajstić information content (AvgIpc) is 2.98. The Morgan fingerprint density at radius 1 is 1.10 bits per heavy atom. The molecule has 0 aliphatic carbocycles. The number of aryl methyl sites for hydroxylation is 1. The lowest BCUT2D eigenvalue weighted by Gasteiger charge is -2.03. The van der Waals surface area contributed by atoms with Crippen LogP contribution in [0.5, 0.6) is 5.75 Å². The van der Waals surface area contributed by atoms with Crippen LogP contribution in [0.3, 0.4) is 0 Å². The van der Waals surface area contributed by atoms with Gasteiger partial charge in [-0.15, -0.1) is 0 Å². The lowest BCUT2D eigenvalue weighted by Crippen LogP contribution is -1.92. The van der Waals surface area contributed by atoms with Crippen molar-refractivity contribution in [3.63, 3.8) is 0 Å². The van der Waals surface area contributed by atoms with Crippen LogP contribution in [0.15, 0.2) is 53.1 Å². The Bertz CT molecular complexity index is 753. The van der Waals surface area contributed by atoms with E-state index in [1.807, 2.05) is 55.5 Å². The molecule has 0 aliphatic rings. The lowest BCUT2D eigenvalue weighted by atomic mass is 10.2. The molecule has 21 heavy (non-hydrogen) atoms. The summed E-state index contributed by atoms with van der Waals surface area (Å²) in [6, 6.07) is 15.8. The van der Waals surface area contributed by atoms with Gasteiger partial charge in [0.15, 0.2) is 0 Å². The van der Waals surface area contributed by atoms with Crippen molar-refractivity contribution in [2.24, 2.45) is 0 Å². The molecule has 2 aromatic carbocycles. The van der Waals surface area contributed by atoms with Crippen molar-refractivity contribution in [2.45, 2.75) is 6.92 Å². The highest BCUT2D eigenvalue weighted by Gasteiger charge is 2.10. The van der Waals surface area contributed by atoms with Crippen LogP contribution in [0.4, 0.5) is 11.7 Å². The molecule has 0 saturated carbocycles. The Morgan fingerprint density at radius 2 is 1.95 bits per heavy atom. The summed E-state index contributed by atoms with van der Waals surface area (Å²) in [5.41, 5.74) is 2.90. The molecule has 3 aromatic rings. The fourth-order valence-corrected chi connectivity index (χ4v) is 1.98. The zero-order valence-corrected chi connectivity index (χ0v) is 11.8. The Morgan fingerprint density at radius 3 is 2.76 bits per heavy atom. The summed E-state index contributed by atoms with van der Waals surface area (Å²) in [6.45, 7) is 2.02. The Labute approximate surface area is 122 Å². The predicted octanol–water partition coefficient (Wildman–Crippen LogP) is 3.80. The van der Waals surface area contributed by atoms with Crippen LogP contribution in [0.25, 0.3) is 11.4 Å². The van der Waals surface area contributed by atoms with E-state index in [2.05, 4.69) is 15.5 Å². The van der Waals surface area contributed by atoms with E-state index in [0.717, 1.165) is 22.6 Å². The first-order chi connectivity index (χ1) is 10.3. The normalized spacial score (nSPS) is 10.4. The lowest BCUT2D eigenvalue weighted by molar-refractivity contribution is 0.414. The highest BCUT2D eigenvalue weighted by Crippen LogP contribution is 2.24. The fraction of sp³-hybridized carbons (Fsp3) is 0.125. The molecule has 0 radical (unpaired) electrons. The van der Waals surface area contributed by atoms with E-state index in [1.165, 1.54) is 0 Å². The van der Waals surface area contributed by atoms with Crippen molar-refractivity contribution in [2.75, 3.05) is 12.4 Å². The highest BCUT2D eigenvalue weighted by molar-refractivity contribution is 5.61. The van der Waals surface area contributed by atoms with Gasteiger partial charge in [-0.2, -0.15) is 4.98 Å². The van der Waals surface area contributed by atoms with Crippen LogP contribution < -0.4 is 10.1 Å². The predicted molar refractivity (Wildman–Crippen MR) is 80.7 cm³/mol. The van der Waals surface area contributed by atoms with Crippen LogP contribution in [0.1, 0.15) is 5.56 Å². The van der Waals surface area contributed by atoms with Crippen molar-refractivity contribution in [1.29, 1.82) is 0 Å². The summed E-state index contributed by atoms with van der Waals surface area (Å²) in [5, 5.41) is 7.10. The van der Waals surface area contributed by atoms with E-state index in [1.54, 1.807) is 7.11 Å². The molecule has 106 valence electrons. The molecule has 0 fully saturated rings. The molecule has 0 atom stereocenters. The molecule has 5 heteroatoms. The number of hydrogen-bond acceptors (Lipinski definition) is 5. The number of benzene rings is 2. The monoisotopic (exact) mass is 281 g/mol. The van der Waals surface area contributed by atoms with Gasteiger partial charge in [0.05, 0.1) is 7.11 Å². The summed E-state index contributed by atoms with van der Waals surface area (Å²) >= 11 is 0. The minimum Gasteiger partial charge on any atom is -0.497 e. The number of nitrogens with one attached hydrogen (secondary N) is 1. The molecular weight excluding hydrogens is 266 g/mol. The Balaban J connectivity index is 1.85. The van der Waals surface area contributed by atoms with E-state index in [4.69, 9.17) is 9.26 Å². The van der Waals surface area contributed by atoms with E-state index in [0.29, 0.717) is 11.8 Å². The number of rotatable bonds is 4. The second-order valence-electron chi connectivity index (χ2n) is 4.60. The third-order valence-electron chi connectivity index (χ3n) is 3.14. The van der Waals surface area contributed by atoms with Crippen LogP contribution >= 0.6 is 0 Å². The van der Waals surface area contributed by atoms with Gasteiger partial charge in [-0.25, -0.2) is 0 Å². The molecule has 1 heterocycles. The highest BCUT2D eigenvalue weighted by atomic mass is 16.5. The SMILES string of the molecule is COc1cccc(-c2noc(Nc3ccccc3C)n2)c1. The summed E-state index contributed by atoms with van der Waals surface area (Å²) in [4.78, 5) is 4.35. The first kappa shape index (κ1) is 13.2. The third-order valence-corrected chi connectivity index (χ3v) is 3.14. The maximum Gasteiger partial charge on any atom is 0.326 e. The van der Waals surface area contributed by atoms with Gasteiger partial charge in [0, 0.05) is 11.3 Å². The molecule has 0 aliphatic heterocycles. The quantitative estimate of drug-likeness (QED) is 0.788. The fourth-order valence-electron chi connectivity index (χ4n) is 1.98. The van der Waals surface area contributed by atoms with E-state index in [-0.39, 0.29) is 0 Å². The maximum atomic E-state index is 5.24. The van der Waals surface area contributed by atoms with Crippen molar-refractivity contribution < 1.29 is 9.26 Å². The molecule has 0 amide bonds. The molecule has 0 unspecified atom stereocenters. The van der Waals surface area contributed by atoms with Crippen molar-refractivity contribution in [1.82, 2.24) is 10.1 Å². The van der Waals surface area contributed by atoms with Gasteiger partial charge in [-0.1, -0.05) is 35.5 Å². The largest absolute Gasteiger partial charge is 0.497 e. The molecule has 1 N–H and O–H groups in total. The van der Waals surface area contributed by atoms with Crippen molar-refractivity contribution >= 4 is 11.7 Å². The van der Waals surface area contributed by atoms with Gasteiger partial charge in [0.25, 0.3) is 0 Å². The molecule has 5 nitrogen and oxygen atoms in total. The van der Waals surface area contributed by atoms with Crippen LogP contribution in [-0.4, -0.2) is 17.3 Å². The zero-order valence-electron chi connectivity index (χ0n) is 11.8. The summed E-state index contributed by atoms with van der Waals surface area (Å²) < 4.78 is 10.4. The maximum absolute atomic E-state index is 5.24. The Hall–Kier alpha value is -2.82. The third kappa shape index (κ3) is 2.86. The molecule has 0 saturated heterocycles. The number of para-hydroxylation sites is 1. The van der Waals surface area contributed by atoms with Gasteiger partial charge in [0.1, 0.15) is 5.75 Å². The van der Waals surface area contributed by atoms with Crippen LogP contribution in [0.2, 0.25) is 0 Å². The standard InChI is InChI=1S/C16H15N3O2/c1-11-6-3-4-9-14(11)17-16-18-15(19-21-16)12-7-5-8-13(10-12)20-2/h3-10H,1-2H3,(H,17,18,19). The van der Waals surface area contributed by atoms with Gasteiger partial charge >= 0.3 is 6.01 Å². The zero-order chi connectivity index (χ0) is 14.7. The smallest absolute Gasteiger partial charge is 0.326 e. The minimum atomic E-state index is 0.363. The summed E-state index contributed by atoms with van der Waals surface area (Å²) in [6.07, 6.45) is 0. The van der Waals surface area contributed by atoms with Gasteiger partial charge in [-0.05, 0) is 30.7 Å². The van der Waals surface area contributed by atoms with E-state index >= 15 is 0 Å². The minimum absolute atomic E-state index is 0.363. The van der Waals surface area contributed by atoms with Crippen molar-refractivity contribution in [3.8, 4) is 17.1 Å². The number of aromatic nitrogens is 2. The molecular formula is C16H15N3O2. The van der Waals surface area contributed by atoms with E-state index < -0.39 is 0 Å². The number of ether oxygens (including phenoxy) is 1. The first-order valence-electron chi connectivity index (χ1n) is 6.57. The molecule has 0 bridgehead atoms. The Kier molecular flexibility index (Phi) is 3.55. The topological polar surface area (TPSA) is 60.2 Å². The number of methoxy groups -OCH3 is 1. The van der Waals surface area contributed by atoms with Gasteiger partial charge in [0.2, 0.25) is 5.82 Å². The molecule has 1 aromatic heterocycles. The number of nitrogens with zero attached hydrogens (tertiary/aromatic N) is 2. The first-order valence-corrected chi connectivity index (χ1v) is 6.57. The average molecular weight is 281 g/mol. The number of anilines is 2. The summed E-state index contributed by atoms with van der Waals surface area (Å²) in [5.74, 6) is 1.27. The summed E-state index contributed by atoms with van der Waals surface area (Å²) in [7, 11) is 1.63. The van der Waals surface area contributed by atoms with Crippen LogP contribution in [-0.2, 0) is 0 Å². The van der Waals surface area contributed by atoms with E-state index in [9.17, 15) is 0 Å². The van der Waals surface area contributed by atoms with Crippen molar-refractivity contribution in [3.05, 3.63) is 54.1 Å². The molecule has 0 spiro atoms. The van der Waals surface area contributed by atoms with Gasteiger partial charge in [-0.3, -0.25) is 0 Å². The van der Waals surface area contributed by atoms with Gasteiger partial charge < -0.3 is 14.6 Å².